The second-order valence-corrected chi connectivity index (χ2v) is 6.19. The van der Waals surface area contributed by atoms with Crippen molar-refractivity contribution in [3.05, 3.63) is 0 Å². The fraction of sp³-hybridized carbons (Fsp3) is 1.00. The lowest BCUT2D eigenvalue weighted by atomic mass is 9.96. The second-order valence-electron chi connectivity index (χ2n) is 6.19. The van der Waals surface area contributed by atoms with E-state index in [0.29, 0.717) is 6.04 Å². The van der Waals surface area contributed by atoms with E-state index in [4.69, 9.17) is 0 Å². The fourth-order valence-electron chi connectivity index (χ4n) is 3.33. The van der Waals surface area contributed by atoms with E-state index in [1.54, 1.807) is 0 Å². The summed E-state index contributed by atoms with van der Waals surface area (Å²) in [7, 11) is 2.25. The van der Waals surface area contributed by atoms with Gasteiger partial charge in [0.25, 0.3) is 0 Å². The lowest BCUT2D eigenvalue weighted by Crippen LogP contribution is -2.46. The van der Waals surface area contributed by atoms with Gasteiger partial charge in [0.15, 0.2) is 0 Å². The standard InChI is InChI=1S/C14H29N3/c1-12(2)17(14-6-9-16(3)11-14)10-13-4-7-15-8-5-13/h12-15H,4-11H2,1-3H3. The van der Waals surface area contributed by atoms with Crippen LogP contribution in [0.15, 0.2) is 0 Å². The summed E-state index contributed by atoms with van der Waals surface area (Å²) in [5.74, 6) is 0.921. The van der Waals surface area contributed by atoms with E-state index in [2.05, 4.69) is 36.0 Å². The molecule has 2 heterocycles. The molecule has 0 amide bonds. The second kappa shape index (κ2) is 6.17. The Hall–Kier alpha value is -0.120. The van der Waals surface area contributed by atoms with Crippen LogP contribution in [-0.2, 0) is 0 Å². The van der Waals surface area contributed by atoms with Crippen molar-refractivity contribution in [2.24, 2.45) is 5.92 Å². The molecule has 17 heavy (non-hydrogen) atoms. The van der Waals surface area contributed by atoms with Gasteiger partial charge < -0.3 is 10.2 Å². The van der Waals surface area contributed by atoms with Crippen molar-refractivity contribution in [1.82, 2.24) is 15.1 Å². The number of piperidine rings is 1. The normalized spacial score (nSPS) is 28.4. The predicted octanol–water partition coefficient (Wildman–Crippen LogP) is 1.40. The van der Waals surface area contributed by atoms with Crippen LogP contribution in [0.3, 0.4) is 0 Å². The average molecular weight is 239 g/mol. The summed E-state index contributed by atoms with van der Waals surface area (Å²) in [6, 6.07) is 1.50. The minimum absolute atomic E-state index is 0.696. The zero-order chi connectivity index (χ0) is 12.3. The van der Waals surface area contributed by atoms with Gasteiger partial charge in [0.2, 0.25) is 0 Å². The first-order valence-electron chi connectivity index (χ1n) is 7.32. The fourth-order valence-corrected chi connectivity index (χ4v) is 3.33. The molecule has 3 heteroatoms. The highest BCUT2D eigenvalue weighted by Crippen LogP contribution is 2.21. The van der Waals surface area contributed by atoms with Crippen molar-refractivity contribution in [1.29, 1.82) is 0 Å². The quantitative estimate of drug-likeness (QED) is 0.800. The monoisotopic (exact) mass is 239 g/mol. The largest absolute Gasteiger partial charge is 0.317 e. The summed E-state index contributed by atoms with van der Waals surface area (Å²) in [4.78, 5) is 5.24. The van der Waals surface area contributed by atoms with Gasteiger partial charge in [-0.3, -0.25) is 4.90 Å². The average Bonchev–Trinajstić information content (AvgIpc) is 2.73. The maximum atomic E-state index is 3.47. The Kier molecular flexibility index (Phi) is 4.83. The summed E-state index contributed by atoms with van der Waals surface area (Å²) in [6.45, 7) is 11.0. The Labute approximate surface area is 107 Å². The molecule has 100 valence electrons. The number of nitrogens with one attached hydrogen (secondary N) is 1. The first-order valence-corrected chi connectivity index (χ1v) is 7.32. The van der Waals surface area contributed by atoms with Gasteiger partial charge in [0, 0.05) is 25.2 Å². The third-order valence-electron chi connectivity index (χ3n) is 4.43. The van der Waals surface area contributed by atoms with Gasteiger partial charge in [-0.1, -0.05) is 0 Å². The molecule has 2 aliphatic heterocycles. The highest BCUT2D eigenvalue weighted by molar-refractivity contribution is 4.85. The minimum atomic E-state index is 0.696. The molecule has 0 saturated carbocycles. The van der Waals surface area contributed by atoms with Crippen molar-refractivity contribution in [2.45, 2.75) is 45.2 Å². The summed E-state index contributed by atoms with van der Waals surface area (Å²) in [6.07, 6.45) is 4.09. The van der Waals surface area contributed by atoms with Crippen molar-refractivity contribution in [2.75, 3.05) is 39.8 Å². The number of likely N-dealkylation sites (tertiary alicyclic amines) is 1. The number of nitrogens with zero attached hydrogens (tertiary/aromatic N) is 2. The van der Waals surface area contributed by atoms with Crippen LogP contribution >= 0.6 is 0 Å². The van der Waals surface area contributed by atoms with Crippen LogP contribution in [0.25, 0.3) is 0 Å². The van der Waals surface area contributed by atoms with E-state index in [1.807, 2.05) is 0 Å². The number of rotatable bonds is 4. The smallest absolute Gasteiger partial charge is 0.0238 e. The molecular formula is C14H29N3. The van der Waals surface area contributed by atoms with Gasteiger partial charge in [-0.25, -0.2) is 0 Å². The molecule has 0 aliphatic carbocycles. The van der Waals surface area contributed by atoms with Crippen LogP contribution in [0.2, 0.25) is 0 Å². The Morgan fingerprint density at radius 2 is 1.94 bits per heavy atom. The number of hydrogen-bond donors (Lipinski definition) is 1. The van der Waals surface area contributed by atoms with Crippen LogP contribution in [0.4, 0.5) is 0 Å². The molecule has 2 fully saturated rings. The van der Waals surface area contributed by atoms with E-state index in [9.17, 15) is 0 Å². The van der Waals surface area contributed by atoms with Crippen molar-refractivity contribution in [3.8, 4) is 0 Å². The first kappa shape index (κ1) is 13.3. The third-order valence-corrected chi connectivity index (χ3v) is 4.43. The number of likely N-dealkylation sites (N-methyl/N-ethyl adjacent to an activating group) is 1. The molecule has 1 unspecified atom stereocenters. The molecule has 0 spiro atoms. The summed E-state index contributed by atoms with van der Waals surface area (Å²) < 4.78 is 0. The van der Waals surface area contributed by atoms with Gasteiger partial charge in [-0.15, -0.1) is 0 Å². The molecule has 0 bridgehead atoms. The summed E-state index contributed by atoms with van der Waals surface area (Å²) >= 11 is 0. The predicted molar refractivity (Wildman–Crippen MR) is 73.3 cm³/mol. The van der Waals surface area contributed by atoms with Crippen molar-refractivity contribution < 1.29 is 0 Å². The van der Waals surface area contributed by atoms with Crippen molar-refractivity contribution >= 4 is 0 Å². The molecule has 0 aromatic heterocycles. The van der Waals surface area contributed by atoms with Crippen LogP contribution in [-0.4, -0.2) is 61.7 Å². The molecule has 0 radical (unpaired) electrons. The van der Waals surface area contributed by atoms with E-state index < -0.39 is 0 Å². The first-order chi connectivity index (χ1) is 8.16. The lowest BCUT2D eigenvalue weighted by Gasteiger charge is -2.36. The van der Waals surface area contributed by atoms with E-state index >= 15 is 0 Å². The Bertz CT molecular complexity index is 224. The van der Waals surface area contributed by atoms with Gasteiger partial charge in [-0.05, 0) is 65.7 Å². The summed E-state index contributed by atoms with van der Waals surface area (Å²) in [5.41, 5.74) is 0. The maximum absolute atomic E-state index is 3.47. The Morgan fingerprint density at radius 1 is 1.24 bits per heavy atom. The van der Waals surface area contributed by atoms with Gasteiger partial charge in [-0.2, -0.15) is 0 Å². The molecule has 2 aliphatic rings. The van der Waals surface area contributed by atoms with E-state index in [-0.39, 0.29) is 0 Å². The van der Waals surface area contributed by atoms with Crippen LogP contribution in [0.5, 0.6) is 0 Å². The third kappa shape index (κ3) is 3.67. The van der Waals surface area contributed by atoms with E-state index in [1.165, 1.54) is 52.0 Å². The Morgan fingerprint density at radius 3 is 2.47 bits per heavy atom. The van der Waals surface area contributed by atoms with Crippen LogP contribution < -0.4 is 5.32 Å². The Balaban J connectivity index is 1.87. The SMILES string of the molecule is CC(C)N(CC1CCNCC1)C1CCN(C)C1. The molecular weight excluding hydrogens is 210 g/mol. The molecule has 0 aromatic rings. The van der Waals surface area contributed by atoms with Gasteiger partial charge in [0.1, 0.15) is 0 Å². The molecule has 0 aromatic carbocycles. The topological polar surface area (TPSA) is 18.5 Å². The van der Waals surface area contributed by atoms with Crippen molar-refractivity contribution in [3.63, 3.8) is 0 Å². The molecule has 3 nitrogen and oxygen atoms in total. The molecule has 2 rings (SSSR count). The molecule has 1 atom stereocenters. The molecule has 2 saturated heterocycles. The molecule has 1 N–H and O–H groups in total. The van der Waals surface area contributed by atoms with Crippen LogP contribution in [0.1, 0.15) is 33.1 Å². The highest BCUT2D eigenvalue weighted by atomic mass is 15.3. The number of hydrogen-bond acceptors (Lipinski definition) is 3. The van der Waals surface area contributed by atoms with Gasteiger partial charge >= 0.3 is 0 Å². The van der Waals surface area contributed by atoms with Crippen LogP contribution in [0, 0.1) is 5.92 Å². The van der Waals surface area contributed by atoms with E-state index in [0.717, 1.165) is 12.0 Å². The van der Waals surface area contributed by atoms with Gasteiger partial charge in [0.05, 0.1) is 0 Å². The summed E-state index contributed by atoms with van der Waals surface area (Å²) in [5, 5.41) is 3.47. The minimum Gasteiger partial charge on any atom is -0.317 e. The maximum Gasteiger partial charge on any atom is 0.0238 e. The zero-order valence-electron chi connectivity index (χ0n) is 11.8. The zero-order valence-corrected chi connectivity index (χ0v) is 11.8. The highest BCUT2D eigenvalue weighted by Gasteiger charge is 2.29. The lowest BCUT2D eigenvalue weighted by molar-refractivity contribution is 0.119.